The van der Waals surface area contributed by atoms with Crippen LogP contribution < -0.4 is 10.1 Å². The van der Waals surface area contributed by atoms with Crippen molar-refractivity contribution in [2.24, 2.45) is 0 Å². The first-order chi connectivity index (χ1) is 10.1. The Morgan fingerprint density at radius 3 is 2.24 bits per heavy atom. The molecule has 0 saturated carbocycles. The number of halogens is 2. The molecule has 0 aliphatic rings. The molecule has 0 amide bonds. The highest BCUT2D eigenvalue weighted by molar-refractivity contribution is 9.11. The Hall–Kier alpha value is -1.00. The van der Waals surface area contributed by atoms with Gasteiger partial charge in [-0.1, -0.05) is 19.1 Å². The molecular weight excluding hydrogens is 394 g/mol. The van der Waals surface area contributed by atoms with Crippen molar-refractivity contribution in [3.8, 4) is 5.75 Å². The monoisotopic (exact) mass is 411 g/mol. The van der Waals surface area contributed by atoms with Gasteiger partial charge in [0, 0.05) is 15.5 Å². The quantitative estimate of drug-likeness (QED) is 0.635. The van der Waals surface area contributed by atoms with E-state index < -0.39 is 0 Å². The lowest BCUT2D eigenvalue weighted by Gasteiger charge is -2.12. The molecule has 0 atom stereocenters. The van der Waals surface area contributed by atoms with Crippen LogP contribution in [0.2, 0.25) is 0 Å². The van der Waals surface area contributed by atoms with E-state index in [9.17, 15) is 0 Å². The summed E-state index contributed by atoms with van der Waals surface area (Å²) in [6.45, 7) is 5.72. The van der Waals surface area contributed by atoms with Crippen LogP contribution in [-0.2, 0) is 6.54 Å². The van der Waals surface area contributed by atoms with Crippen LogP contribution in [0.4, 0.5) is 5.69 Å². The Morgan fingerprint density at radius 2 is 1.67 bits per heavy atom. The molecule has 21 heavy (non-hydrogen) atoms. The molecule has 112 valence electrons. The van der Waals surface area contributed by atoms with E-state index in [1.54, 1.807) is 0 Å². The molecule has 0 aliphatic carbocycles. The van der Waals surface area contributed by atoms with Gasteiger partial charge in [-0.25, -0.2) is 0 Å². The lowest BCUT2D eigenvalue weighted by Crippen LogP contribution is -2.01. The summed E-state index contributed by atoms with van der Waals surface area (Å²) in [5.41, 5.74) is 3.52. The Morgan fingerprint density at radius 1 is 1.05 bits per heavy atom. The minimum atomic E-state index is 0.765. The van der Waals surface area contributed by atoms with Gasteiger partial charge in [0.05, 0.1) is 12.3 Å². The van der Waals surface area contributed by atoms with Gasteiger partial charge in [-0.05, 0) is 80.6 Å². The number of ether oxygens (including phenoxy) is 1. The summed E-state index contributed by atoms with van der Waals surface area (Å²) in [6.07, 6.45) is 1.03. The van der Waals surface area contributed by atoms with E-state index in [0.717, 1.165) is 40.0 Å². The Bertz CT molecular complexity index is 573. The summed E-state index contributed by atoms with van der Waals surface area (Å²) in [7, 11) is 0. The lowest BCUT2D eigenvalue weighted by molar-refractivity contribution is 0.317. The minimum Gasteiger partial charge on any atom is -0.494 e. The molecule has 0 heterocycles. The number of nitrogens with one attached hydrogen (secondary N) is 1. The van der Waals surface area contributed by atoms with Crippen molar-refractivity contribution in [2.45, 2.75) is 26.8 Å². The fraction of sp³-hybridized carbons (Fsp3) is 0.294. The second-order valence-electron chi connectivity index (χ2n) is 4.95. The molecule has 2 nitrogen and oxygen atoms in total. The first-order valence-corrected chi connectivity index (χ1v) is 8.60. The molecule has 2 rings (SSSR count). The van der Waals surface area contributed by atoms with Crippen molar-refractivity contribution in [2.75, 3.05) is 11.9 Å². The third-order valence-electron chi connectivity index (χ3n) is 3.05. The van der Waals surface area contributed by atoms with Gasteiger partial charge in [0.25, 0.3) is 0 Å². The molecule has 0 spiro atoms. The van der Waals surface area contributed by atoms with Gasteiger partial charge < -0.3 is 10.1 Å². The van der Waals surface area contributed by atoms with Crippen LogP contribution >= 0.6 is 31.9 Å². The van der Waals surface area contributed by atoms with E-state index in [1.807, 2.05) is 12.1 Å². The molecule has 0 bridgehead atoms. The van der Waals surface area contributed by atoms with Crippen LogP contribution in [0.15, 0.2) is 45.3 Å². The van der Waals surface area contributed by atoms with Crippen LogP contribution in [-0.4, -0.2) is 6.61 Å². The number of aryl methyl sites for hydroxylation is 1. The van der Waals surface area contributed by atoms with Crippen molar-refractivity contribution in [3.05, 3.63) is 56.5 Å². The Labute approximate surface area is 143 Å². The fourth-order valence-electron chi connectivity index (χ4n) is 1.98. The third-order valence-corrected chi connectivity index (χ3v) is 4.30. The second kappa shape index (κ2) is 7.85. The zero-order valence-electron chi connectivity index (χ0n) is 12.2. The highest BCUT2D eigenvalue weighted by Gasteiger charge is 2.06. The van der Waals surface area contributed by atoms with Crippen LogP contribution in [0.1, 0.15) is 24.5 Å². The number of hydrogen-bond donors (Lipinski definition) is 1. The number of rotatable bonds is 6. The van der Waals surface area contributed by atoms with E-state index >= 15 is 0 Å². The molecule has 2 aromatic carbocycles. The van der Waals surface area contributed by atoms with Gasteiger partial charge in [0.1, 0.15) is 5.75 Å². The Balaban J connectivity index is 2.00. The summed E-state index contributed by atoms with van der Waals surface area (Å²) >= 11 is 7.20. The van der Waals surface area contributed by atoms with E-state index in [0.29, 0.717) is 0 Å². The van der Waals surface area contributed by atoms with E-state index in [-0.39, 0.29) is 0 Å². The summed E-state index contributed by atoms with van der Waals surface area (Å²) in [6, 6.07) is 12.4. The first kappa shape index (κ1) is 16.4. The first-order valence-electron chi connectivity index (χ1n) is 7.01. The van der Waals surface area contributed by atoms with Crippen LogP contribution in [0.25, 0.3) is 0 Å². The molecule has 0 saturated heterocycles. The van der Waals surface area contributed by atoms with E-state index in [4.69, 9.17) is 4.74 Å². The highest BCUT2D eigenvalue weighted by Crippen LogP contribution is 2.32. The van der Waals surface area contributed by atoms with Crippen LogP contribution in [0.3, 0.4) is 0 Å². The minimum absolute atomic E-state index is 0.765. The van der Waals surface area contributed by atoms with E-state index in [2.05, 4.69) is 75.3 Å². The van der Waals surface area contributed by atoms with Gasteiger partial charge >= 0.3 is 0 Å². The summed E-state index contributed by atoms with van der Waals surface area (Å²) in [5.74, 6) is 0.929. The van der Waals surface area contributed by atoms with Gasteiger partial charge in [0.15, 0.2) is 0 Å². The predicted octanol–water partition coefficient (Wildman–Crippen LogP) is 5.92. The Kier molecular flexibility index (Phi) is 6.12. The van der Waals surface area contributed by atoms with Gasteiger partial charge in [0.2, 0.25) is 0 Å². The maximum atomic E-state index is 5.59. The van der Waals surface area contributed by atoms with Crippen molar-refractivity contribution >= 4 is 37.5 Å². The molecule has 2 aromatic rings. The number of anilines is 1. The smallest absolute Gasteiger partial charge is 0.119 e. The van der Waals surface area contributed by atoms with Crippen molar-refractivity contribution in [3.63, 3.8) is 0 Å². The number of hydrogen-bond acceptors (Lipinski definition) is 2. The maximum Gasteiger partial charge on any atom is 0.119 e. The molecule has 4 heteroatoms. The SMILES string of the molecule is CCCOc1ccc(CNc2c(Br)cc(C)cc2Br)cc1. The van der Waals surface area contributed by atoms with Gasteiger partial charge in [-0.2, -0.15) is 0 Å². The normalized spacial score (nSPS) is 10.5. The molecule has 0 fully saturated rings. The number of benzene rings is 2. The highest BCUT2D eigenvalue weighted by atomic mass is 79.9. The molecular formula is C17H19Br2NO. The van der Waals surface area contributed by atoms with Crippen molar-refractivity contribution in [1.29, 1.82) is 0 Å². The van der Waals surface area contributed by atoms with Crippen molar-refractivity contribution < 1.29 is 4.74 Å². The molecule has 0 unspecified atom stereocenters. The largest absolute Gasteiger partial charge is 0.494 e. The second-order valence-corrected chi connectivity index (χ2v) is 6.66. The molecule has 1 N–H and O–H groups in total. The third kappa shape index (κ3) is 4.75. The molecule has 0 radical (unpaired) electrons. The zero-order valence-corrected chi connectivity index (χ0v) is 15.4. The zero-order chi connectivity index (χ0) is 15.2. The molecule has 0 aromatic heterocycles. The van der Waals surface area contributed by atoms with Gasteiger partial charge in [-0.3, -0.25) is 0 Å². The average Bonchev–Trinajstić information content (AvgIpc) is 2.45. The average molecular weight is 413 g/mol. The van der Waals surface area contributed by atoms with E-state index in [1.165, 1.54) is 11.1 Å². The lowest BCUT2D eigenvalue weighted by atomic mass is 10.2. The summed E-state index contributed by atoms with van der Waals surface area (Å²) in [4.78, 5) is 0. The van der Waals surface area contributed by atoms with Gasteiger partial charge in [-0.15, -0.1) is 0 Å². The molecule has 0 aliphatic heterocycles. The van der Waals surface area contributed by atoms with Crippen LogP contribution in [0.5, 0.6) is 5.75 Å². The fourth-order valence-corrected chi connectivity index (χ4v) is 3.68. The van der Waals surface area contributed by atoms with Crippen LogP contribution in [0, 0.1) is 6.92 Å². The summed E-state index contributed by atoms with van der Waals surface area (Å²) < 4.78 is 7.72. The maximum absolute atomic E-state index is 5.59. The standard InChI is InChI=1S/C17H19Br2NO/c1-3-8-21-14-6-4-13(5-7-14)11-20-17-15(18)9-12(2)10-16(17)19/h4-7,9-10,20H,3,8,11H2,1-2H3. The summed E-state index contributed by atoms with van der Waals surface area (Å²) in [5, 5.41) is 3.45. The van der Waals surface area contributed by atoms with Crippen molar-refractivity contribution in [1.82, 2.24) is 0 Å². The topological polar surface area (TPSA) is 21.3 Å². The predicted molar refractivity (Wildman–Crippen MR) is 96.1 cm³/mol.